The Labute approximate surface area is 175 Å². The molecule has 0 radical (unpaired) electrons. The number of benzene rings is 1. The average Bonchev–Trinajstić information content (AvgIpc) is 2.72. The summed E-state index contributed by atoms with van der Waals surface area (Å²) in [5.41, 5.74) is 2.41. The molecule has 1 amide bonds. The standard InChI is InChI=1S/C22H28BrN3O2/c1-3-25(4-2)12-13-26(21-10-9-18(23)16-24-21)22(27)15-20-19-8-6-5-7-17(19)11-14-28-20/h5-10,16,20H,3-4,11-15H2,1-2H3. The van der Waals surface area contributed by atoms with Crippen LogP contribution in [0.5, 0.6) is 0 Å². The maximum Gasteiger partial charge on any atom is 0.231 e. The van der Waals surface area contributed by atoms with E-state index >= 15 is 0 Å². The number of carbonyl (C=O) groups is 1. The molecule has 1 atom stereocenters. The summed E-state index contributed by atoms with van der Waals surface area (Å²) < 4.78 is 6.86. The quantitative estimate of drug-likeness (QED) is 0.609. The van der Waals surface area contributed by atoms with Gasteiger partial charge < -0.3 is 9.64 Å². The number of nitrogens with zero attached hydrogens (tertiary/aromatic N) is 3. The van der Waals surface area contributed by atoms with E-state index in [0.717, 1.165) is 36.1 Å². The van der Waals surface area contributed by atoms with Crippen LogP contribution in [0.4, 0.5) is 5.82 Å². The van der Waals surface area contributed by atoms with Crippen molar-refractivity contribution in [1.29, 1.82) is 0 Å². The summed E-state index contributed by atoms with van der Waals surface area (Å²) in [5, 5.41) is 0. The number of fused-ring (bicyclic) bond motifs is 1. The first kappa shape index (κ1) is 21.0. The maximum absolute atomic E-state index is 13.3. The number of halogens is 1. The van der Waals surface area contributed by atoms with Gasteiger partial charge in [-0.1, -0.05) is 38.1 Å². The number of hydrogen-bond donors (Lipinski definition) is 0. The van der Waals surface area contributed by atoms with Gasteiger partial charge in [-0.2, -0.15) is 0 Å². The van der Waals surface area contributed by atoms with Crippen LogP contribution in [0.1, 0.15) is 37.5 Å². The lowest BCUT2D eigenvalue weighted by Crippen LogP contribution is -2.40. The van der Waals surface area contributed by atoms with Gasteiger partial charge in [-0.3, -0.25) is 9.69 Å². The summed E-state index contributed by atoms with van der Waals surface area (Å²) in [6.45, 7) is 8.30. The molecule has 28 heavy (non-hydrogen) atoms. The molecular weight excluding hydrogens is 418 g/mol. The van der Waals surface area contributed by atoms with E-state index in [0.29, 0.717) is 25.4 Å². The lowest BCUT2D eigenvalue weighted by atomic mass is 9.95. The Morgan fingerprint density at radius 1 is 1.18 bits per heavy atom. The predicted molar refractivity (Wildman–Crippen MR) is 116 cm³/mol. The monoisotopic (exact) mass is 445 g/mol. The summed E-state index contributed by atoms with van der Waals surface area (Å²) >= 11 is 3.42. The molecule has 0 fully saturated rings. The van der Waals surface area contributed by atoms with Crippen molar-refractivity contribution in [1.82, 2.24) is 9.88 Å². The first-order valence-electron chi connectivity index (χ1n) is 9.96. The van der Waals surface area contributed by atoms with Crippen LogP contribution in [-0.4, -0.2) is 48.6 Å². The minimum Gasteiger partial charge on any atom is -0.373 e. The molecule has 1 unspecified atom stereocenters. The topological polar surface area (TPSA) is 45.7 Å². The Morgan fingerprint density at radius 3 is 2.68 bits per heavy atom. The summed E-state index contributed by atoms with van der Waals surface area (Å²) in [4.78, 5) is 21.8. The number of likely N-dealkylation sites (N-methyl/N-ethyl adjacent to an activating group) is 1. The summed E-state index contributed by atoms with van der Waals surface area (Å²) in [6.07, 6.45) is 2.77. The molecule has 1 aliphatic heterocycles. The maximum atomic E-state index is 13.3. The summed E-state index contributed by atoms with van der Waals surface area (Å²) in [6, 6.07) is 12.1. The first-order chi connectivity index (χ1) is 13.6. The molecule has 1 aromatic carbocycles. The number of ether oxygens (including phenoxy) is 1. The Balaban J connectivity index is 1.77. The summed E-state index contributed by atoms with van der Waals surface area (Å²) in [7, 11) is 0. The number of aromatic nitrogens is 1. The second kappa shape index (κ2) is 10.1. The van der Waals surface area contributed by atoms with E-state index < -0.39 is 0 Å². The van der Waals surface area contributed by atoms with E-state index in [-0.39, 0.29) is 12.0 Å². The third-order valence-corrected chi connectivity index (χ3v) is 5.75. The van der Waals surface area contributed by atoms with E-state index in [1.807, 2.05) is 24.3 Å². The molecule has 6 heteroatoms. The second-order valence-corrected chi connectivity index (χ2v) is 7.83. The fraction of sp³-hybridized carbons (Fsp3) is 0.455. The van der Waals surface area contributed by atoms with Gasteiger partial charge in [0, 0.05) is 23.8 Å². The average molecular weight is 446 g/mol. The van der Waals surface area contributed by atoms with Crippen molar-refractivity contribution in [3.63, 3.8) is 0 Å². The lowest BCUT2D eigenvalue weighted by Gasteiger charge is -2.29. The Kier molecular flexibility index (Phi) is 7.59. The third-order valence-electron chi connectivity index (χ3n) is 5.28. The van der Waals surface area contributed by atoms with Crippen molar-refractivity contribution in [2.75, 3.05) is 37.7 Å². The van der Waals surface area contributed by atoms with E-state index in [1.54, 1.807) is 11.1 Å². The van der Waals surface area contributed by atoms with Crippen molar-refractivity contribution in [2.24, 2.45) is 0 Å². The highest BCUT2D eigenvalue weighted by molar-refractivity contribution is 9.10. The second-order valence-electron chi connectivity index (χ2n) is 6.92. The number of anilines is 1. The molecule has 5 nitrogen and oxygen atoms in total. The largest absolute Gasteiger partial charge is 0.373 e. The smallest absolute Gasteiger partial charge is 0.231 e. The van der Waals surface area contributed by atoms with Crippen molar-refractivity contribution < 1.29 is 9.53 Å². The van der Waals surface area contributed by atoms with E-state index in [2.05, 4.69) is 51.8 Å². The molecule has 2 heterocycles. The van der Waals surface area contributed by atoms with Crippen LogP contribution in [0.25, 0.3) is 0 Å². The lowest BCUT2D eigenvalue weighted by molar-refractivity contribution is -0.122. The highest BCUT2D eigenvalue weighted by atomic mass is 79.9. The van der Waals surface area contributed by atoms with Gasteiger partial charge in [0.05, 0.1) is 19.1 Å². The SMILES string of the molecule is CCN(CC)CCN(C(=O)CC1OCCc2ccccc21)c1ccc(Br)cn1. The molecule has 0 N–H and O–H groups in total. The zero-order valence-corrected chi connectivity index (χ0v) is 18.2. The molecular formula is C22H28BrN3O2. The van der Waals surface area contributed by atoms with Gasteiger partial charge >= 0.3 is 0 Å². The fourth-order valence-corrected chi connectivity index (χ4v) is 3.83. The molecule has 2 aromatic rings. The first-order valence-corrected chi connectivity index (χ1v) is 10.7. The van der Waals surface area contributed by atoms with Gasteiger partial charge in [-0.15, -0.1) is 0 Å². The molecule has 0 bridgehead atoms. The number of hydrogen-bond acceptors (Lipinski definition) is 4. The minimum atomic E-state index is -0.191. The van der Waals surface area contributed by atoms with Crippen molar-refractivity contribution in [3.8, 4) is 0 Å². The molecule has 0 saturated heterocycles. The normalized spacial score (nSPS) is 16.1. The number of rotatable bonds is 8. The molecule has 1 aliphatic rings. The highest BCUT2D eigenvalue weighted by Gasteiger charge is 2.27. The van der Waals surface area contributed by atoms with Gasteiger partial charge in [0.2, 0.25) is 5.91 Å². The van der Waals surface area contributed by atoms with Gasteiger partial charge in [-0.05, 0) is 58.7 Å². The third kappa shape index (κ3) is 5.19. The molecule has 1 aromatic heterocycles. The van der Waals surface area contributed by atoms with Gasteiger partial charge in [0.1, 0.15) is 5.82 Å². The molecule has 3 rings (SSSR count). The van der Waals surface area contributed by atoms with Crippen molar-refractivity contribution >= 4 is 27.7 Å². The van der Waals surface area contributed by atoms with Crippen molar-refractivity contribution in [2.45, 2.75) is 32.8 Å². The van der Waals surface area contributed by atoms with Crippen LogP contribution in [0, 0.1) is 0 Å². The van der Waals surface area contributed by atoms with Gasteiger partial charge in [0.25, 0.3) is 0 Å². The minimum absolute atomic E-state index is 0.0451. The van der Waals surface area contributed by atoms with Crippen LogP contribution < -0.4 is 4.90 Å². The number of amides is 1. The Morgan fingerprint density at radius 2 is 1.96 bits per heavy atom. The Hall–Kier alpha value is -1.76. The summed E-state index contributed by atoms with van der Waals surface area (Å²) in [5.74, 6) is 0.730. The van der Waals surface area contributed by atoms with Gasteiger partial charge in [-0.25, -0.2) is 4.98 Å². The molecule has 0 saturated carbocycles. The highest BCUT2D eigenvalue weighted by Crippen LogP contribution is 2.30. The van der Waals surface area contributed by atoms with E-state index in [9.17, 15) is 4.79 Å². The van der Waals surface area contributed by atoms with Gasteiger partial charge in [0.15, 0.2) is 0 Å². The zero-order valence-electron chi connectivity index (χ0n) is 16.6. The van der Waals surface area contributed by atoms with Crippen molar-refractivity contribution in [3.05, 3.63) is 58.2 Å². The zero-order chi connectivity index (χ0) is 19.9. The fourth-order valence-electron chi connectivity index (χ4n) is 3.59. The van der Waals surface area contributed by atoms with Crippen LogP contribution in [0.3, 0.4) is 0 Å². The number of carbonyl (C=O) groups excluding carboxylic acids is 1. The van der Waals surface area contributed by atoms with Crippen LogP contribution in [0.15, 0.2) is 47.1 Å². The number of pyridine rings is 1. The van der Waals surface area contributed by atoms with Crippen LogP contribution in [0.2, 0.25) is 0 Å². The molecule has 0 spiro atoms. The molecule has 150 valence electrons. The Bertz CT molecular complexity index is 778. The van der Waals surface area contributed by atoms with E-state index in [4.69, 9.17) is 4.74 Å². The van der Waals surface area contributed by atoms with Crippen LogP contribution >= 0.6 is 15.9 Å². The predicted octanol–water partition coefficient (Wildman–Crippen LogP) is 4.22. The van der Waals surface area contributed by atoms with E-state index in [1.165, 1.54) is 5.56 Å². The molecule has 0 aliphatic carbocycles. The van der Waals surface area contributed by atoms with Crippen LogP contribution in [-0.2, 0) is 16.0 Å².